The van der Waals surface area contributed by atoms with Gasteiger partial charge in [-0.25, -0.2) is 9.78 Å². The summed E-state index contributed by atoms with van der Waals surface area (Å²) >= 11 is 0. The topological polar surface area (TPSA) is 165 Å². The lowest BCUT2D eigenvalue weighted by atomic mass is 9.87. The number of benzene rings is 1. The summed E-state index contributed by atoms with van der Waals surface area (Å²) in [5, 5.41) is 12.9. The lowest BCUT2D eigenvalue weighted by Crippen LogP contribution is -2.40. The Bertz CT molecular complexity index is 1100. The van der Waals surface area contributed by atoms with E-state index in [0.29, 0.717) is 23.5 Å². The van der Waals surface area contributed by atoms with E-state index in [1.54, 1.807) is 6.92 Å². The first-order valence-electron chi connectivity index (χ1n) is 7.84. The second-order valence-electron chi connectivity index (χ2n) is 6.11. The van der Waals surface area contributed by atoms with Crippen LogP contribution in [0.4, 0.5) is 0 Å². The summed E-state index contributed by atoms with van der Waals surface area (Å²) in [5.74, 6) is 3.89. The third-order valence-electron chi connectivity index (χ3n) is 4.59. The molecule has 2 aromatic rings. The molecule has 2 unspecified atom stereocenters. The first kappa shape index (κ1) is 18.7. The summed E-state index contributed by atoms with van der Waals surface area (Å²) in [5.41, 5.74) is -0.110. The Balaban J connectivity index is 2.19. The molecule has 142 valence electrons. The highest BCUT2D eigenvalue weighted by Crippen LogP contribution is 2.34. The zero-order valence-corrected chi connectivity index (χ0v) is 14.9. The first-order valence-corrected chi connectivity index (χ1v) is 9.28. The van der Waals surface area contributed by atoms with Crippen molar-refractivity contribution in [3.05, 3.63) is 57.8 Å². The van der Waals surface area contributed by atoms with E-state index in [4.69, 9.17) is 10.4 Å². The summed E-state index contributed by atoms with van der Waals surface area (Å²) in [7, 11) is -4.34. The van der Waals surface area contributed by atoms with Crippen LogP contribution in [-0.4, -0.2) is 39.3 Å². The highest BCUT2D eigenvalue weighted by Gasteiger charge is 2.34. The summed E-state index contributed by atoms with van der Waals surface area (Å²) < 4.78 is 32.8. The molecule has 1 aromatic carbocycles. The second kappa shape index (κ2) is 6.59. The predicted molar refractivity (Wildman–Crippen MR) is 94.5 cm³/mol. The zero-order chi connectivity index (χ0) is 19.9. The molecule has 1 aliphatic heterocycles. The normalized spacial score (nSPS) is 21.0. The molecule has 1 aromatic heterocycles. The van der Waals surface area contributed by atoms with Crippen LogP contribution >= 0.6 is 0 Å². The van der Waals surface area contributed by atoms with Gasteiger partial charge in [-0.2, -0.15) is 13.5 Å². The molecule has 0 saturated carbocycles. The lowest BCUT2D eigenvalue weighted by Gasteiger charge is -2.31. The van der Waals surface area contributed by atoms with Gasteiger partial charge in [0.25, 0.3) is 15.7 Å². The number of carboxylic acid groups (broad SMARTS) is 1. The molecule has 0 spiro atoms. The number of carbonyl (C=O) groups is 1. The zero-order valence-electron chi connectivity index (χ0n) is 14.1. The average Bonchev–Trinajstić information content (AvgIpc) is 2.61. The van der Waals surface area contributed by atoms with Gasteiger partial charge in [0.2, 0.25) is 0 Å². The number of hydrazone groups is 1. The third kappa shape index (κ3) is 3.22. The number of fused-ring (bicyclic) bond motifs is 1. The van der Waals surface area contributed by atoms with Crippen LogP contribution in [0.3, 0.4) is 0 Å². The molecule has 4 N–H and O–H groups in total. The number of nitrogens with zero attached hydrogens (tertiary/aromatic N) is 3. The molecule has 0 saturated heterocycles. The van der Waals surface area contributed by atoms with Crippen molar-refractivity contribution in [3.63, 3.8) is 0 Å². The summed E-state index contributed by atoms with van der Waals surface area (Å²) in [6.45, 7) is 1.67. The van der Waals surface area contributed by atoms with Crippen molar-refractivity contribution in [3.8, 4) is 0 Å². The Hall–Kier alpha value is -3.05. The quantitative estimate of drug-likeness (QED) is 0.388. The number of rotatable bonds is 3. The van der Waals surface area contributed by atoms with Crippen LogP contribution in [0.2, 0.25) is 0 Å². The van der Waals surface area contributed by atoms with Gasteiger partial charge in [-0.15, -0.1) is 0 Å². The third-order valence-corrected chi connectivity index (χ3v) is 5.46. The fraction of sp³-hybridized carbons (Fsp3) is 0.250. The largest absolute Gasteiger partial charge is 0.477 e. The molecule has 11 heteroatoms. The van der Waals surface area contributed by atoms with Crippen molar-refractivity contribution in [1.29, 1.82) is 0 Å². The van der Waals surface area contributed by atoms with Crippen molar-refractivity contribution < 1.29 is 22.9 Å². The molecule has 0 amide bonds. The molecule has 0 fully saturated rings. The van der Waals surface area contributed by atoms with Gasteiger partial charge in [0.15, 0.2) is 0 Å². The molecule has 0 bridgehead atoms. The maximum absolute atomic E-state index is 12.6. The molecule has 27 heavy (non-hydrogen) atoms. The van der Waals surface area contributed by atoms with Gasteiger partial charge in [0.1, 0.15) is 11.4 Å². The Morgan fingerprint density at radius 2 is 1.96 bits per heavy atom. The molecule has 10 nitrogen and oxygen atoms in total. The highest BCUT2D eigenvalue weighted by molar-refractivity contribution is 7.85. The van der Waals surface area contributed by atoms with Gasteiger partial charge in [0, 0.05) is 18.5 Å². The molecular formula is C16H16N4O6S. The molecule has 1 aliphatic rings. The van der Waals surface area contributed by atoms with E-state index in [1.165, 1.54) is 28.8 Å². The van der Waals surface area contributed by atoms with Crippen LogP contribution in [0.5, 0.6) is 0 Å². The van der Waals surface area contributed by atoms with Crippen LogP contribution < -0.4 is 11.4 Å². The Labute approximate surface area is 153 Å². The fourth-order valence-electron chi connectivity index (χ4n) is 3.18. The van der Waals surface area contributed by atoms with Gasteiger partial charge in [-0.3, -0.25) is 13.9 Å². The highest BCUT2D eigenvalue weighted by atomic mass is 32.2. The van der Waals surface area contributed by atoms with Crippen LogP contribution in [-0.2, 0) is 10.1 Å². The number of aromatic carboxylic acids is 1. The van der Waals surface area contributed by atoms with Crippen molar-refractivity contribution in [2.24, 2.45) is 10.9 Å². The second-order valence-corrected chi connectivity index (χ2v) is 7.53. The minimum atomic E-state index is -4.34. The number of hydrogen-bond donors (Lipinski definition) is 3. The number of nitrogens with two attached hydrogens (primary N) is 1. The average molecular weight is 392 g/mol. The van der Waals surface area contributed by atoms with Gasteiger partial charge in [-0.05, 0) is 24.6 Å². The van der Waals surface area contributed by atoms with Crippen molar-refractivity contribution >= 4 is 21.8 Å². The van der Waals surface area contributed by atoms with E-state index in [0.717, 1.165) is 6.20 Å². The SMILES string of the molecule is CC1C(=NN)CC(c2ccc(S(=O)(=O)O)cc2)c2ncc(C(=O)O)c(=O)n21. The Morgan fingerprint density at radius 1 is 1.33 bits per heavy atom. The smallest absolute Gasteiger partial charge is 0.342 e. The number of aromatic nitrogens is 2. The lowest BCUT2D eigenvalue weighted by molar-refractivity contribution is 0.0693. The van der Waals surface area contributed by atoms with E-state index in [2.05, 4.69) is 10.1 Å². The van der Waals surface area contributed by atoms with Gasteiger partial charge in [0.05, 0.1) is 16.6 Å². The van der Waals surface area contributed by atoms with Crippen molar-refractivity contribution in [2.45, 2.75) is 30.2 Å². The van der Waals surface area contributed by atoms with Gasteiger partial charge < -0.3 is 10.9 Å². The van der Waals surface area contributed by atoms with E-state index >= 15 is 0 Å². The van der Waals surface area contributed by atoms with E-state index in [-0.39, 0.29) is 4.90 Å². The molecular weight excluding hydrogens is 376 g/mol. The monoisotopic (exact) mass is 392 g/mol. The summed E-state index contributed by atoms with van der Waals surface area (Å²) in [4.78, 5) is 27.8. The van der Waals surface area contributed by atoms with Crippen molar-refractivity contribution in [2.75, 3.05) is 0 Å². The van der Waals surface area contributed by atoms with Crippen LogP contribution in [0, 0.1) is 0 Å². The molecule has 2 heterocycles. The number of hydrogen-bond acceptors (Lipinski definition) is 7. The predicted octanol–water partition coefficient (Wildman–Crippen LogP) is 0.600. The molecule has 3 rings (SSSR count). The van der Waals surface area contributed by atoms with E-state index in [9.17, 15) is 23.1 Å². The summed E-state index contributed by atoms with van der Waals surface area (Å²) in [6, 6.07) is 4.86. The van der Waals surface area contributed by atoms with Gasteiger partial charge in [-0.1, -0.05) is 12.1 Å². The minimum Gasteiger partial charge on any atom is -0.477 e. The Morgan fingerprint density at radius 3 is 2.48 bits per heavy atom. The number of carboxylic acids is 1. The standard InChI is InChI=1S/C16H16N4O6S/c1-8-13(19-17)6-11(9-2-4-10(5-3-9)27(24,25)26)14-18-7-12(16(22)23)15(21)20(8)14/h2-5,7-8,11H,6,17H2,1H3,(H,22,23)(H,24,25,26). The van der Waals surface area contributed by atoms with Crippen LogP contribution in [0.1, 0.15) is 47.1 Å². The minimum absolute atomic E-state index is 0.269. The maximum Gasteiger partial charge on any atom is 0.342 e. The maximum atomic E-state index is 12.6. The van der Waals surface area contributed by atoms with E-state index < -0.39 is 39.2 Å². The van der Waals surface area contributed by atoms with E-state index in [1.807, 2.05) is 0 Å². The first-order chi connectivity index (χ1) is 12.6. The Kier molecular flexibility index (Phi) is 4.57. The summed E-state index contributed by atoms with van der Waals surface area (Å²) in [6.07, 6.45) is 1.33. The van der Waals surface area contributed by atoms with Gasteiger partial charge >= 0.3 is 5.97 Å². The molecule has 2 atom stereocenters. The van der Waals surface area contributed by atoms with Crippen LogP contribution in [0.25, 0.3) is 0 Å². The molecule has 0 aliphatic carbocycles. The molecule has 0 radical (unpaired) electrons. The van der Waals surface area contributed by atoms with Crippen LogP contribution in [0.15, 0.2) is 45.3 Å². The van der Waals surface area contributed by atoms with Crippen molar-refractivity contribution in [1.82, 2.24) is 9.55 Å². The fourth-order valence-corrected chi connectivity index (χ4v) is 3.66.